The van der Waals surface area contributed by atoms with Gasteiger partial charge in [-0.1, -0.05) is 6.07 Å². The van der Waals surface area contributed by atoms with E-state index in [1.165, 1.54) is 25.3 Å². The van der Waals surface area contributed by atoms with Crippen LogP contribution in [-0.4, -0.2) is 28.7 Å². The van der Waals surface area contributed by atoms with E-state index in [0.29, 0.717) is 16.9 Å². The molecule has 0 atom stereocenters. The Hall–Kier alpha value is -2.26. The van der Waals surface area contributed by atoms with E-state index in [9.17, 15) is 21.6 Å². The molecule has 0 aromatic heterocycles. The topological polar surface area (TPSA) is 64.6 Å². The zero-order chi connectivity index (χ0) is 20.2. The van der Waals surface area contributed by atoms with Gasteiger partial charge in [-0.15, -0.1) is 0 Å². The summed E-state index contributed by atoms with van der Waals surface area (Å²) >= 11 is 0. The van der Waals surface area contributed by atoms with Gasteiger partial charge >= 0.3 is 6.18 Å². The quantitative estimate of drug-likeness (QED) is 0.717. The third kappa shape index (κ3) is 5.36. The van der Waals surface area contributed by atoms with Gasteiger partial charge in [0.05, 0.1) is 17.6 Å². The van der Waals surface area contributed by atoms with Crippen LogP contribution in [0.25, 0.3) is 0 Å². The molecule has 0 saturated heterocycles. The average Bonchev–Trinajstić information content (AvgIpc) is 2.60. The summed E-state index contributed by atoms with van der Waals surface area (Å²) in [5.74, 6) is 0.597. The summed E-state index contributed by atoms with van der Waals surface area (Å²) in [7, 11) is -2.29. The first-order valence-corrected chi connectivity index (χ1v) is 9.48. The Morgan fingerprint density at radius 1 is 1.07 bits per heavy atom. The number of ether oxygens (including phenoxy) is 2. The van der Waals surface area contributed by atoms with Gasteiger partial charge in [0.1, 0.15) is 18.1 Å². The molecule has 0 radical (unpaired) electrons. The summed E-state index contributed by atoms with van der Waals surface area (Å²) in [5, 5.41) is 0. The predicted octanol–water partition coefficient (Wildman–Crippen LogP) is 3.69. The molecular weight excluding hydrogens is 383 g/mol. The Kier molecular flexibility index (Phi) is 6.38. The number of alkyl halides is 3. The number of aryl methyl sites for hydroxylation is 2. The molecule has 5 nitrogen and oxygen atoms in total. The maximum atomic E-state index is 12.7. The lowest BCUT2D eigenvalue weighted by atomic mass is 10.1. The van der Waals surface area contributed by atoms with Crippen LogP contribution < -0.4 is 14.2 Å². The summed E-state index contributed by atoms with van der Waals surface area (Å²) in [6.07, 6.45) is -4.47. The summed E-state index contributed by atoms with van der Waals surface area (Å²) in [4.78, 5) is 0.111. The highest BCUT2D eigenvalue weighted by molar-refractivity contribution is 7.89. The molecule has 148 valence electrons. The molecule has 0 bridgehead atoms. The summed E-state index contributed by atoms with van der Waals surface area (Å²) in [6, 6.07) is 7.54. The molecule has 0 heterocycles. The maximum Gasteiger partial charge on any atom is 0.416 e. The molecule has 0 spiro atoms. The number of hydrogen-bond donors (Lipinski definition) is 1. The van der Waals surface area contributed by atoms with Gasteiger partial charge in [-0.3, -0.25) is 0 Å². The highest BCUT2D eigenvalue weighted by atomic mass is 32.2. The van der Waals surface area contributed by atoms with Crippen molar-refractivity contribution < 1.29 is 31.1 Å². The Morgan fingerprint density at radius 2 is 1.78 bits per heavy atom. The fourth-order valence-electron chi connectivity index (χ4n) is 2.46. The van der Waals surface area contributed by atoms with Crippen molar-refractivity contribution in [1.29, 1.82) is 0 Å². The standard InChI is InChI=1S/C18H20F3NO4S/c1-12-10-17(13(2)9-16(12)25-3)27(23,24)22-7-8-26-15-6-4-5-14(11-15)18(19,20)21/h4-6,9-11,22H,7-8H2,1-3H3. The number of benzene rings is 2. The molecule has 0 saturated carbocycles. The van der Waals surface area contributed by atoms with E-state index < -0.39 is 21.8 Å². The largest absolute Gasteiger partial charge is 0.496 e. The lowest BCUT2D eigenvalue weighted by Gasteiger charge is -2.13. The van der Waals surface area contributed by atoms with Crippen LogP contribution in [-0.2, 0) is 16.2 Å². The summed E-state index contributed by atoms with van der Waals surface area (Å²) in [6.45, 7) is 3.17. The maximum absolute atomic E-state index is 12.7. The van der Waals surface area contributed by atoms with Crippen molar-refractivity contribution in [3.8, 4) is 11.5 Å². The second kappa shape index (κ2) is 8.18. The van der Waals surface area contributed by atoms with Crippen LogP contribution >= 0.6 is 0 Å². The lowest BCUT2D eigenvalue weighted by Crippen LogP contribution is -2.29. The van der Waals surface area contributed by atoms with Crippen LogP contribution in [0.4, 0.5) is 13.2 Å². The van der Waals surface area contributed by atoms with E-state index in [4.69, 9.17) is 9.47 Å². The zero-order valence-corrected chi connectivity index (χ0v) is 15.9. The molecule has 2 rings (SSSR count). The van der Waals surface area contributed by atoms with Gasteiger partial charge in [0.25, 0.3) is 0 Å². The Morgan fingerprint density at radius 3 is 2.41 bits per heavy atom. The molecule has 1 N–H and O–H groups in total. The van der Waals surface area contributed by atoms with E-state index in [-0.39, 0.29) is 23.8 Å². The molecule has 0 aliphatic carbocycles. The third-order valence-electron chi connectivity index (χ3n) is 3.81. The monoisotopic (exact) mass is 403 g/mol. The SMILES string of the molecule is COc1cc(C)c(S(=O)(=O)NCCOc2cccc(C(F)(F)F)c2)cc1C. The first-order valence-electron chi connectivity index (χ1n) is 7.99. The van der Waals surface area contributed by atoms with Gasteiger partial charge in [-0.25, -0.2) is 13.1 Å². The van der Waals surface area contributed by atoms with Crippen molar-refractivity contribution in [2.24, 2.45) is 0 Å². The van der Waals surface area contributed by atoms with E-state index in [0.717, 1.165) is 12.1 Å². The minimum atomic E-state index is -4.47. The van der Waals surface area contributed by atoms with Crippen molar-refractivity contribution >= 4 is 10.0 Å². The van der Waals surface area contributed by atoms with Crippen LogP contribution in [0, 0.1) is 13.8 Å². The number of rotatable bonds is 7. The molecule has 2 aromatic rings. The predicted molar refractivity (Wildman–Crippen MR) is 94.6 cm³/mol. The second-order valence-electron chi connectivity index (χ2n) is 5.86. The summed E-state index contributed by atoms with van der Waals surface area (Å²) < 4.78 is 75.7. The Balaban J connectivity index is 2.00. The average molecular weight is 403 g/mol. The van der Waals surface area contributed by atoms with E-state index >= 15 is 0 Å². The summed E-state index contributed by atoms with van der Waals surface area (Å²) in [5.41, 5.74) is 0.359. The van der Waals surface area contributed by atoms with Crippen molar-refractivity contribution in [2.75, 3.05) is 20.3 Å². The fraction of sp³-hybridized carbons (Fsp3) is 0.333. The van der Waals surface area contributed by atoms with E-state index in [1.807, 2.05) is 0 Å². The van der Waals surface area contributed by atoms with Crippen LogP contribution in [0.15, 0.2) is 41.3 Å². The van der Waals surface area contributed by atoms with Crippen LogP contribution in [0.1, 0.15) is 16.7 Å². The van der Waals surface area contributed by atoms with Gasteiger partial charge in [-0.05, 0) is 55.3 Å². The van der Waals surface area contributed by atoms with E-state index in [1.54, 1.807) is 19.9 Å². The first-order chi connectivity index (χ1) is 12.5. The number of sulfonamides is 1. The van der Waals surface area contributed by atoms with Gasteiger partial charge in [0, 0.05) is 6.54 Å². The normalized spacial score (nSPS) is 12.1. The molecule has 0 amide bonds. The number of hydrogen-bond acceptors (Lipinski definition) is 4. The zero-order valence-electron chi connectivity index (χ0n) is 15.1. The molecule has 0 fully saturated rings. The van der Waals surface area contributed by atoms with Crippen molar-refractivity contribution in [3.05, 3.63) is 53.1 Å². The van der Waals surface area contributed by atoms with Gasteiger partial charge in [0.15, 0.2) is 0 Å². The van der Waals surface area contributed by atoms with E-state index in [2.05, 4.69) is 4.72 Å². The number of methoxy groups -OCH3 is 1. The van der Waals surface area contributed by atoms with Crippen LogP contribution in [0.2, 0.25) is 0 Å². The molecular formula is C18H20F3NO4S. The Labute approximate surface area is 156 Å². The molecule has 2 aromatic carbocycles. The number of halogens is 3. The smallest absolute Gasteiger partial charge is 0.416 e. The molecule has 9 heteroatoms. The highest BCUT2D eigenvalue weighted by Crippen LogP contribution is 2.31. The second-order valence-corrected chi connectivity index (χ2v) is 7.59. The highest BCUT2D eigenvalue weighted by Gasteiger charge is 2.30. The fourth-order valence-corrected chi connectivity index (χ4v) is 3.78. The minimum absolute atomic E-state index is 0.0143. The third-order valence-corrected chi connectivity index (χ3v) is 5.41. The molecule has 27 heavy (non-hydrogen) atoms. The lowest BCUT2D eigenvalue weighted by molar-refractivity contribution is -0.137. The van der Waals surface area contributed by atoms with Gasteiger partial charge in [-0.2, -0.15) is 13.2 Å². The Bertz CT molecular complexity index is 911. The van der Waals surface area contributed by atoms with Crippen LogP contribution in [0.5, 0.6) is 11.5 Å². The van der Waals surface area contributed by atoms with Gasteiger partial charge < -0.3 is 9.47 Å². The molecule has 0 aliphatic heterocycles. The first kappa shape index (κ1) is 21.0. The minimum Gasteiger partial charge on any atom is -0.496 e. The van der Waals surface area contributed by atoms with Crippen molar-refractivity contribution in [2.45, 2.75) is 24.9 Å². The van der Waals surface area contributed by atoms with Gasteiger partial charge in [0.2, 0.25) is 10.0 Å². The molecule has 0 unspecified atom stereocenters. The van der Waals surface area contributed by atoms with Crippen molar-refractivity contribution in [3.63, 3.8) is 0 Å². The molecule has 0 aliphatic rings. The number of nitrogens with one attached hydrogen (secondary N) is 1. The van der Waals surface area contributed by atoms with Crippen molar-refractivity contribution in [1.82, 2.24) is 4.72 Å². The van der Waals surface area contributed by atoms with Crippen LogP contribution in [0.3, 0.4) is 0 Å².